The molecule has 0 fully saturated rings. The zero-order valence-electron chi connectivity index (χ0n) is 12.9. The van der Waals surface area contributed by atoms with E-state index in [1.54, 1.807) is 12.4 Å². The van der Waals surface area contributed by atoms with E-state index in [9.17, 15) is 4.79 Å². The van der Waals surface area contributed by atoms with E-state index in [4.69, 9.17) is 0 Å². The normalized spacial score (nSPS) is 10.3. The number of pyridine rings is 2. The molecule has 0 saturated heterocycles. The van der Waals surface area contributed by atoms with Crippen molar-refractivity contribution < 1.29 is 4.79 Å². The van der Waals surface area contributed by atoms with Gasteiger partial charge in [-0.05, 0) is 30.7 Å². The Bertz CT molecular complexity index is 801. The van der Waals surface area contributed by atoms with Crippen LogP contribution in [0.25, 0.3) is 11.3 Å². The largest absolute Gasteiger partial charge is 0.346 e. The van der Waals surface area contributed by atoms with Gasteiger partial charge in [0.1, 0.15) is 0 Å². The molecule has 0 radical (unpaired) electrons. The Kier molecular flexibility index (Phi) is 4.43. The minimum atomic E-state index is -0.118. The van der Waals surface area contributed by atoms with Crippen LogP contribution in [0.5, 0.6) is 0 Å². The number of carbonyl (C=O) groups is 1. The molecular weight excluding hydrogens is 286 g/mol. The molecule has 4 nitrogen and oxygen atoms in total. The van der Waals surface area contributed by atoms with Crippen molar-refractivity contribution in [3.63, 3.8) is 0 Å². The lowest BCUT2D eigenvalue weighted by Gasteiger charge is -2.09. The Morgan fingerprint density at radius 3 is 2.57 bits per heavy atom. The standard InChI is InChI=1S/C19H17N3O/c1-14-12-21-18(15-7-3-2-4-8-15)11-17(14)19(23)22-13-16-9-5-6-10-20-16/h2-12H,13H2,1H3,(H,22,23). The third kappa shape index (κ3) is 3.61. The van der Waals surface area contributed by atoms with Gasteiger partial charge in [-0.1, -0.05) is 36.4 Å². The minimum absolute atomic E-state index is 0.118. The van der Waals surface area contributed by atoms with E-state index >= 15 is 0 Å². The fourth-order valence-corrected chi connectivity index (χ4v) is 2.30. The van der Waals surface area contributed by atoms with Crippen LogP contribution < -0.4 is 5.32 Å². The number of nitrogens with zero attached hydrogens (tertiary/aromatic N) is 2. The molecule has 0 aliphatic heterocycles. The highest BCUT2D eigenvalue weighted by atomic mass is 16.1. The van der Waals surface area contributed by atoms with Gasteiger partial charge < -0.3 is 5.32 Å². The summed E-state index contributed by atoms with van der Waals surface area (Å²) >= 11 is 0. The van der Waals surface area contributed by atoms with Crippen LogP contribution in [-0.4, -0.2) is 15.9 Å². The van der Waals surface area contributed by atoms with Gasteiger partial charge in [0.25, 0.3) is 5.91 Å². The molecule has 2 heterocycles. The Hall–Kier alpha value is -3.01. The second kappa shape index (κ2) is 6.83. The smallest absolute Gasteiger partial charge is 0.252 e. The van der Waals surface area contributed by atoms with E-state index < -0.39 is 0 Å². The second-order valence-corrected chi connectivity index (χ2v) is 5.25. The van der Waals surface area contributed by atoms with E-state index in [2.05, 4.69) is 15.3 Å². The Morgan fingerprint density at radius 1 is 1.04 bits per heavy atom. The molecule has 114 valence electrons. The molecule has 0 aliphatic carbocycles. The lowest BCUT2D eigenvalue weighted by atomic mass is 10.1. The number of rotatable bonds is 4. The highest BCUT2D eigenvalue weighted by molar-refractivity contribution is 5.96. The summed E-state index contributed by atoms with van der Waals surface area (Å²) in [4.78, 5) is 21.1. The van der Waals surface area contributed by atoms with Crippen LogP contribution in [0.15, 0.2) is 67.0 Å². The number of hydrogen-bond acceptors (Lipinski definition) is 3. The molecule has 23 heavy (non-hydrogen) atoms. The van der Waals surface area contributed by atoms with Crippen LogP contribution in [0.2, 0.25) is 0 Å². The monoisotopic (exact) mass is 303 g/mol. The van der Waals surface area contributed by atoms with E-state index in [1.165, 1.54) is 0 Å². The number of benzene rings is 1. The van der Waals surface area contributed by atoms with Crippen LogP contribution in [0, 0.1) is 6.92 Å². The minimum Gasteiger partial charge on any atom is -0.346 e. The van der Waals surface area contributed by atoms with Gasteiger partial charge in [-0.2, -0.15) is 0 Å². The number of carbonyl (C=O) groups excluding carboxylic acids is 1. The first-order chi connectivity index (χ1) is 11.2. The van der Waals surface area contributed by atoms with Gasteiger partial charge in [-0.3, -0.25) is 14.8 Å². The Labute approximate surface area is 135 Å². The Balaban J connectivity index is 1.80. The molecule has 3 rings (SSSR count). The average molecular weight is 303 g/mol. The van der Waals surface area contributed by atoms with E-state index in [-0.39, 0.29) is 5.91 Å². The molecule has 0 saturated carbocycles. The van der Waals surface area contributed by atoms with Crippen LogP contribution in [0.1, 0.15) is 21.6 Å². The van der Waals surface area contributed by atoms with Crippen LogP contribution in [0.4, 0.5) is 0 Å². The quantitative estimate of drug-likeness (QED) is 0.804. The van der Waals surface area contributed by atoms with E-state index in [0.717, 1.165) is 22.5 Å². The van der Waals surface area contributed by atoms with Crippen molar-refractivity contribution in [2.75, 3.05) is 0 Å². The fourth-order valence-electron chi connectivity index (χ4n) is 2.30. The van der Waals surface area contributed by atoms with E-state index in [0.29, 0.717) is 12.1 Å². The molecular formula is C19H17N3O. The van der Waals surface area contributed by atoms with Crippen molar-refractivity contribution in [1.29, 1.82) is 0 Å². The van der Waals surface area contributed by atoms with Crippen LogP contribution in [0.3, 0.4) is 0 Å². The fraction of sp³-hybridized carbons (Fsp3) is 0.105. The summed E-state index contributed by atoms with van der Waals surface area (Å²) in [7, 11) is 0. The summed E-state index contributed by atoms with van der Waals surface area (Å²) in [6.45, 7) is 2.29. The maximum atomic E-state index is 12.5. The van der Waals surface area contributed by atoms with Crippen LogP contribution >= 0.6 is 0 Å². The van der Waals surface area contributed by atoms with Crippen molar-refractivity contribution in [2.24, 2.45) is 0 Å². The molecule has 0 aliphatic rings. The first-order valence-electron chi connectivity index (χ1n) is 7.44. The molecule has 1 amide bonds. The van der Waals surface area contributed by atoms with E-state index in [1.807, 2.05) is 61.5 Å². The maximum Gasteiger partial charge on any atom is 0.252 e. The van der Waals surface area contributed by atoms with Gasteiger partial charge in [0.05, 0.1) is 17.9 Å². The lowest BCUT2D eigenvalue weighted by molar-refractivity contribution is 0.0949. The number of nitrogens with one attached hydrogen (secondary N) is 1. The first-order valence-corrected chi connectivity index (χ1v) is 7.44. The predicted octanol–water partition coefficient (Wildman–Crippen LogP) is 3.38. The zero-order chi connectivity index (χ0) is 16.1. The molecule has 2 aromatic heterocycles. The number of aryl methyl sites for hydroxylation is 1. The maximum absolute atomic E-state index is 12.5. The average Bonchev–Trinajstić information content (AvgIpc) is 2.62. The molecule has 3 aromatic rings. The summed E-state index contributed by atoms with van der Waals surface area (Å²) in [5.41, 5.74) is 4.10. The number of hydrogen-bond donors (Lipinski definition) is 1. The third-order valence-corrected chi connectivity index (χ3v) is 3.57. The second-order valence-electron chi connectivity index (χ2n) is 5.25. The SMILES string of the molecule is Cc1cnc(-c2ccccc2)cc1C(=O)NCc1ccccn1. The number of aromatic nitrogens is 2. The van der Waals surface area contributed by atoms with Gasteiger partial charge in [0.2, 0.25) is 0 Å². The van der Waals surface area contributed by atoms with Crippen molar-refractivity contribution >= 4 is 5.91 Å². The van der Waals surface area contributed by atoms with Crippen LogP contribution in [-0.2, 0) is 6.54 Å². The molecule has 4 heteroatoms. The summed E-state index contributed by atoms with van der Waals surface area (Å²) in [6.07, 6.45) is 3.45. The lowest BCUT2D eigenvalue weighted by Crippen LogP contribution is -2.24. The Morgan fingerprint density at radius 2 is 1.83 bits per heavy atom. The third-order valence-electron chi connectivity index (χ3n) is 3.57. The highest BCUT2D eigenvalue weighted by Gasteiger charge is 2.11. The van der Waals surface area contributed by atoms with Gasteiger partial charge in [0.15, 0.2) is 0 Å². The first kappa shape index (κ1) is 14.9. The number of amides is 1. The zero-order valence-corrected chi connectivity index (χ0v) is 12.9. The molecule has 0 atom stereocenters. The molecule has 0 spiro atoms. The van der Waals surface area contributed by atoms with Gasteiger partial charge >= 0.3 is 0 Å². The van der Waals surface area contributed by atoms with Gasteiger partial charge in [0, 0.05) is 23.5 Å². The molecule has 0 bridgehead atoms. The predicted molar refractivity (Wildman–Crippen MR) is 89.8 cm³/mol. The van der Waals surface area contributed by atoms with Crippen molar-refractivity contribution in [2.45, 2.75) is 13.5 Å². The van der Waals surface area contributed by atoms with Crippen molar-refractivity contribution in [1.82, 2.24) is 15.3 Å². The summed E-state index contributed by atoms with van der Waals surface area (Å²) in [5, 5.41) is 2.91. The highest BCUT2D eigenvalue weighted by Crippen LogP contribution is 2.19. The topological polar surface area (TPSA) is 54.9 Å². The summed E-state index contributed by atoms with van der Waals surface area (Å²) < 4.78 is 0. The summed E-state index contributed by atoms with van der Waals surface area (Å²) in [5.74, 6) is -0.118. The van der Waals surface area contributed by atoms with Gasteiger partial charge in [-0.15, -0.1) is 0 Å². The van der Waals surface area contributed by atoms with Gasteiger partial charge in [-0.25, -0.2) is 0 Å². The molecule has 1 N–H and O–H groups in total. The molecule has 1 aromatic carbocycles. The molecule has 0 unspecified atom stereocenters. The van der Waals surface area contributed by atoms with Crippen molar-refractivity contribution in [3.05, 3.63) is 83.8 Å². The summed E-state index contributed by atoms with van der Waals surface area (Å²) in [6, 6.07) is 17.3. The van der Waals surface area contributed by atoms with Crippen molar-refractivity contribution in [3.8, 4) is 11.3 Å².